The van der Waals surface area contributed by atoms with Crippen LogP contribution in [0.15, 0.2) is 0 Å². The molecule has 19 heavy (non-hydrogen) atoms. The highest BCUT2D eigenvalue weighted by molar-refractivity contribution is 4.86. The van der Waals surface area contributed by atoms with Gasteiger partial charge in [0, 0.05) is 19.1 Å². The SMILES string of the molecule is CCCCCCCCCN1CC(O)CC1CN(C)C. The lowest BCUT2D eigenvalue weighted by Gasteiger charge is -2.26. The standard InChI is InChI=1S/C16H34N2O/c1-4-5-6-7-8-9-10-11-18-14-16(19)12-15(18)13-17(2)3/h15-16,19H,4-14H2,1-3H3. The molecule has 0 bridgehead atoms. The molecule has 0 amide bonds. The number of rotatable bonds is 10. The van der Waals surface area contributed by atoms with E-state index in [2.05, 4.69) is 30.8 Å². The van der Waals surface area contributed by atoms with E-state index < -0.39 is 0 Å². The summed E-state index contributed by atoms with van der Waals surface area (Å²) in [7, 11) is 4.24. The lowest BCUT2D eigenvalue weighted by molar-refractivity contribution is 0.171. The molecule has 1 aliphatic heterocycles. The van der Waals surface area contributed by atoms with E-state index in [4.69, 9.17) is 0 Å². The minimum absolute atomic E-state index is 0.102. The molecule has 3 heteroatoms. The third-order valence-electron chi connectivity index (χ3n) is 4.13. The van der Waals surface area contributed by atoms with Crippen LogP contribution in [0.2, 0.25) is 0 Å². The van der Waals surface area contributed by atoms with Gasteiger partial charge in [-0.25, -0.2) is 0 Å². The van der Waals surface area contributed by atoms with Gasteiger partial charge in [0.1, 0.15) is 0 Å². The predicted octanol–water partition coefficient (Wildman–Crippen LogP) is 2.73. The van der Waals surface area contributed by atoms with E-state index >= 15 is 0 Å². The van der Waals surface area contributed by atoms with Gasteiger partial charge >= 0.3 is 0 Å². The Kier molecular flexibility index (Phi) is 8.67. The fraction of sp³-hybridized carbons (Fsp3) is 1.00. The molecule has 0 saturated carbocycles. The first kappa shape index (κ1) is 16.9. The van der Waals surface area contributed by atoms with Crippen LogP contribution in [-0.2, 0) is 0 Å². The average Bonchev–Trinajstić information content (AvgIpc) is 2.67. The second kappa shape index (κ2) is 9.73. The number of aliphatic hydroxyl groups is 1. The number of nitrogens with zero attached hydrogens (tertiary/aromatic N) is 2. The van der Waals surface area contributed by atoms with E-state index in [-0.39, 0.29) is 6.10 Å². The van der Waals surface area contributed by atoms with E-state index in [0.717, 1.165) is 19.5 Å². The molecule has 0 aromatic heterocycles. The van der Waals surface area contributed by atoms with Gasteiger partial charge in [-0.1, -0.05) is 45.4 Å². The molecule has 1 N–H and O–H groups in total. The molecule has 1 aliphatic rings. The van der Waals surface area contributed by atoms with Crippen molar-refractivity contribution in [3.63, 3.8) is 0 Å². The number of aliphatic hydroxyl groups excluding tert-OH is 1. The quantitative estimate of drug-likeness (QED) is 0.618. The maximum atomic E-state index is 9.82. The molecular formula is C16H34N2O. The minimum atomic E-state index is -0.102. The molecule has 3 nitrogen and oxygen atoms in total. The number of hydrogen-bond donors (Lipinski definition) is 1. The zero-order valence-corrected chi connectivity index (χ0v) is 13.3. The van der Waals surface area contributed by atoms with Crippen molar-refractivity contribution in [1.82, 2.24) is 9.80 Å². The Hall–Kier alpha value is -0.120. The van der Waals surface area contributed by atoms with Crippen LogP contribution in [0.3, 0.4) is 0 Å². The van der Waals surface area contributed by atoms with E-state index in [1.165, 1.54) is 51.5 Å². The molecule has 0 aliphatic carbocycles. The fourth-order valence-electron chi connectivity index (χ4n) is 3.11. The molecule has 0 aromatic carbocycles. The van der Waals surface area contributed by atoms with Crippen molar-refractivity contribution in [2.45, 2.75) is 70.4 Å². The van der Waals surface area contributed by atoms with E-state index in [0.29, 0.717) is 6.04 Å². The second-order valence-corrected chi connectivity index (χ2v) is 6.42. The second-order valence-electron chi connectivity index (χ2n) is 6.42. The van der Waals surface area contributed by atoms with E-state index in [1.54, 1.807) is 0 Å². The van der Waals surface area contributed by atoms with Crippen molar-refractivity contribution in [3.05, 3.63) is 0 Å². The first-order valence-corrected chi connectivity index (χ1v) is 8.20. The topological polar surface area (TPSA) is 26.7 Å². The third-order valence-corrected chi connectivity index (χ3v) is 4.13. The Morgan fingerprint density at radius 3 is 2.32 bits per heavy atom. The van der Waals surface area contributed by atoms with Gasteiger partial charge in [-0.2, -0.15) is 0 Å². The third kappa shape index (κ3) is 7.28. The Bertz CT molecular complexity index is 221. The maximum absolute atomic E-state index is 9.82. The van der Waals surface area contributed by atoms with Gasteiger partial charge < -0.3 is 10.0 Å². The molecule has 0 spiro atoms. The zero-order valence-electron chi connectivity index (χ0n) is 13.3. The summed E-state index contributed by atoms with van der Waals surface area (Å²) in [4.78, 5) is 4.73. The molecule has 0 aromatic rings. The number of β-amino-alcohol motifs (C(OH)–C–C–N with tert-alkyl or cyclic N) is 1. The first-order chi connectivity index (χ1) is 9.13. The molecule has 114 valence electrons. The molecule has 1 heterocycles. The Morgan fingerprint density at radius 1 is 1.05 bits per heavy atom. The summed E-state index contributed by atoms with van der Waals surface area (Å²) in [5.74, 6) is 0. The lowest BCUT2D eigenvalue weighted by atomic mass is 10.1. The van der Waals surface area contributed by atoms with Crippen molar-refractivity contribution in [3.8, 4) is 0 Å². The van der Waals surface area contributed by atoms with Crippen molar-refractivity contribution in [2.75, 3.05) is 33.7 Å². The van der Waals surface area contributed by atoms with E-state index in [9.17, 15) is 5.11 Å². The monoisotopic (exact) mass is 270 g/mol. The molecular weight excluding hydrogens is 236 g/mol. The highest BCUT2D eigenvalue weighted by atomic mass is 16.3. The molecule has 2 unspecified atom stereocenters. The summed E-state index contributed by atoms with van der Waals surface area (Å²) in [5.41, 5.74) is 0. The van der Waals surface area contributed by atoms with Gasteiger partial charge in [-0.05, 0) is 33.5 Å². The van der Waals surface area contributed by atoms with Crippen LogP contribution >= 0.6 is 0 Å². The maximum Gasteiger partial charge on any atom is 0.0682 e. The van der Waals surface area contributed by atoms with Gasteiger partial charge in [-0.3, -0.25) is 4.90 Å². The van der Waals surface area contributed by atoms with Crippen molar-refractivity contribution >= 4 is 0 Å². The molecule has 1 fully saturated rings. The molecule has 0 radical (unpaired) electrons. The number of likely N-dealkylation sites (N-methyl/N-ethyl adjacent to an activating group) is 1. The van der Waals surface area contributed by atoms with Crippen LogP contribution in [-0.4, -0.2) is 60.8 Å². The van der Waals surface area contributed by atoms with Crippen molar-refractivity contribution < 1.29 is 5.11 Å². The fourth-order valence-corrected chi connectivity index (χ4v) is 3.11. The highest BCUT2D eigenvalue weighted by Crippen LogP contribution is 2.19. The largest absolute Gasteiger partial charge is 0.392 e. The van der Waals surface area contributed by atoms with Crippen molar-refractivity contribution in [1.29, 1.82) is 0 Å². The van der Waals surface area contributed by atoms with Gasteiger partial charge in [0.15, 0.2) is 0 Å². The minimum Gasteiger partial charge on any atom is -0.392 e. The van der Waals surface area contributed by atoms with Gasteiger partial charge in [-0.15, -0.1) is 0 Å². The Morgan fingerprint density at radius 2 is 1.68 bits per heavy atom. The first-order valence-electron chi connectivity index (χ1n) is 8.20. The summed E-state index contributed by atoms with van der Waals surface area (Å²) in [6.07, 6.45) is 10.4. The summed E-state index contributed by atoms with van der Waals surface area (Å²) < 4.78 is 0. The summed E-state index contributed by atoms with van der Waals surface area (Å²) in [5, 5.41) is 9.82. The predicted molar refractivity (Wildman–Crippen MR) is 82.5 cm³/mol. The van der Waals surface area contributed by atoms with Crippen LogP contribution < -0.4 is 0 Å². The zero-order chi connectivity index (χ0) is 14.1. The Balaban J connectivity index is 2.09. The molecule has 2 atom stereocenters. The normalized spacial score (nSPS) is 24.5. The highest BCUT2D eigenvalue weighted by Gasteiger charge is 2.30. The van der Waals surface area contributed by atoms with E-state index in [1.807, 2.05) is 0 Å². The lowest BCUT2D eigenvalue weighted by Crippen LogP contribution is -2.38. The van der Waals surface area contributed by atoms with Gasteiger partial charge in [0.05, 0.1) is 6.10 Å². The summed E-state index contributed by atoms with van der Waals surface area (Å²) in [6, 6.07) is 0.560. The number of unbranched alkanes of at least 4 members (excludes halogenated alkanes) is 6. The molecule has 1 saturated heterocycles. The molecule has 1 rings (SSSR count). The Labute approximate surface area is 120 Å². The van der Waals surface area contributed by atoms with Gasteiger partial charge in [0.25, 0.3) is 0 Å². The van der Waals surface area contributed by atoms with Crippen LogP contribution in [0, 0.1) is 0 Å². The summed E-state index contributed by atoms with van der Waals surface area (Å²) in [6.45, 7) is 5.40. The van der Waals surface area contributed by atoms with Crippen LogP contribution in [0.1, 0.15) is 58.3 Å². The number of likely N-dealkylation sites (tertiary alicyclic amines) is 1. The van der Waals surface area contributed by atoms with Crippen molar-refractivity contribution in [2.24, 2.45) is 0 Å². The van der Waals surface area contributed by atoms with Crippen LogP contribution in [0.5, 0.6) is 0 Å². The average molecular weight is 270 g/mol. The van der Waals surface area contributed by atoms with Crippen LogP contribution in [0.25, 0.3) is 0 Å². The number of hydrogen-bond acceptors (Lipinski definition) is 3. The van der Waals surface area contributed by atoms with Gasteiger partial charge in [0.2, 0.25) is 0 Å². The summed E-state index contributed by atoms with van der Waals surface area (Å²) >= 11 is 0. The van der Waals surface area contributed by atoms with Crippen LogP contribution in [0.4, 0.5) is 0 Å². The smallest absolute Gasteiger partial charge is 0.0682 e.